The molecule has 3 aliphatic rings. The number of H-pyrrole nitrogens is 1. The van der Waals surface area contributed by atoms with Gasteiger partial charge >= 0.3 is 0 Å². The first-order chi connectivity index (χ1) is 19.1. The molecular formula is C36H27N3. The van der Waals surface area contributed by atoms with Crippen LogP contribution in [0.25, 0.3) is 44.3 Å². The summed E-state index contributed by atoms with van der Waals surface area (Å²) in [6, 6.07) is 40.2. The molecule has 0 saturated carbocycles. The Morgan fingerprint density at radius 2 is 1.33 bits per heavy atom. The standard InChI is InChI=1S/C36H27N3/c1-36(2)29-13-7-5-10-24(29)25-17-15-21(19-30(25)36)22-16-18-28-31(20-22)37-34-33(28)39-32-14-8-6-11-26(32)23-9-3-4-12-27(23)35(39)38-34/h3-20,35,37-38H,1-2H3. The van der Waals surface area contributed by atoms with Gasteiger partial charge in [-0.15, -0.1) is 0 Å². The lowest BCUT2D eigenvalue weighted by molar-refractivity contribution is 0.660. The van der Waals surface area contributed by atoms with Gasteiger partial charge in [-0.05, 0) is 57.1 Å². The second-order valence-corrected chi connectivity index (χ2v) is 11.6. The zero-order valence-corrected chi connectivity index (χ0v) is 21.9. The number of rotatable bonds is 1. The molecule has 3 nitrogen and oxygen atoms in total. The molecule has 186 valence electrons. The molecule has 0 saturated heterocycles. The van der Waals surface area contributed by atoms with Crippen LogP contribution in [0, 0.1) is 0 Å². The number of aromatic amines is 1. The van der Waals surface area contributed by atoms with Gasteiger partial charge in [0.1, 0.15) is 12.0 Å². The molecule has 0 spiro atoms. The van der Waals surface area contributed by atoms with Crippen molar-refractivity contribution in [2.75, 3.05) is 10.2 Å². The van der Waals surface area contributed by atoms with Crippen LogP contribution in [0.15, 0.2) is 109 Å². The molecule has 0 amide bonds. The molecule has 3 heterocycles. The zero-order valence-electron chi connectivity index (χ0n) is 21.9. The first kappa shape index (κ1) is 21.2. The lowest BCUT2D eigenvalue weighted by atomic mass is 9.81. The molecule has 1 unspecified atom stereocenters. The Kier molecular flexibility index (Phi) is 3.92. The van der Waals surface area contributed by atoms with Crippen molar-refractivity contribution in [3.8, 4) is 33.4 Å². The Balaban J connectivity index is 1.17. The summed E-state index contributed by atoms with van der Waals surface area (Å²) >= 11 is 0. The van der Waals surface area contributed by atoms with Crippen LogP contribution >= 0.6 is 0 Å². The minimum absolute atomic E-state index is 0.00345. The molecule has 1 atom stereocenters. The zero-order chi connectivity index (χ0) is 25.9. The normalized spacial score (nSPS) is 17.1. The van der Waals surface area contributed by atoms with Crippen molar-refractivity contribution in [2.45, 2.75) is 25.4 Å². The third-order valence-electron chi connectivity index (χ3n) is 9.18. The Hall–Kier alpha value is -4.76. The van der Waals surface area contributed by atoms with E-state index in [0.29, 0.717) is 0 Å². The van der Waals surface area contributed by atoms with Crippen LogP contribution in [-0.4, -0.2) is 4.98 Å². The molecule has 9 rings (SSSR count). The molecule has 6 aromatic rings. The van der Waals surface area contributed by atoms with Crippen LogP contribution in [0.5, 0.6) is 0 Å². The molecule has 0 bridgehead atoms. The van der Waals surface area contributed by atoms with Gasteiger partial charge in [-0.1, -0.05) is 105 Å². The van der Waals surface area contributed by atoms with E-state index in [1.54, 1.807) is 0 Å². The Morgan fingerprint density at radius 3 is 2.23 bits per heavy atom. The molecule has 5 aromatic carbocycles. The smallest absolute Gasteiger partial charge is 0.132 e. The average molecular weight is 502 g/mol. The van der Waals surface area contributed by atoms with Crippen molar-refractivity contribution in [2.24, 2.45) is 0 Å². The summed E-state index contributed by atoms with van der Waals surface area (Å²) in [5.74, 6) is 1.09. The van der Waals surface area contributed by atoms with E-state index in [9.17, 15) is 0 Å². The first-order valence-electron chi connectivity index (χ1n) is 13.7. The molecule has 1 aliphatic carbocycles. The van der Waals surface area contributed by atoms with E-state index in [4.69, 9.17) is 0 Å². The SMILES string of the molecule is CC1(C)c2ccccc2-c2ccc(-c3ccc4c5c([nH]c4c3)NC3c4ccccc4-c4ccccc4N53)cc21. The van der Waals surface area contributed by atoms with E-state index in [2.05, 4.69) is 138 Å². The molecule has 39 heavy (non-hydrogen) atoms. The number of anilines is 3. The highest BCUT2D eigenvalue weighted by Gasteiger charge is 2.40. The summed E-state index contributed by atoms with van der Waals surface area (Å²) < 4.78 is 0. The fourth-order valence-electron chi connectivity index (χ4n) is 7.30. The van der Waals surface area contributed by atoms with Crippen molar-refractivity contribution in [3.63, 3.8) is 0 Å². The van der Waals surface area contributed by atoms with Crippen LogP contribution in [-0.2, 0) is 5.41 Å². The quantitative estimate of drug-likeness (QED) is 0.235. The molecular weight excluding hydrogens is 474 g/mol. The Morgan fingerprint density at radius 1 is 0.641 bits per heavy atom. The van der Waals surface area contributed by atoms with E-state index in [-0.39, 0.29) is 11.6 Å². The summed E-state index contributed by atoms with van der Waals surface area (Å²) in [6.45, 7) is 4.69. The fraction of sp³-hybridized carbons (Fsp3) is 0.111. The maximum Gasteiger partial charge on any atom is 0.132 e. The van der Waals surface area contributed by atoms with Gasteiger partial charge in [0.2, 0.25) is 0 Å². The van der Waals surface area contributed by atoms with Crippen LogP contribution in [0.1, 0.15) is 36.7 Å². The lowest BCUT2D eigenvalue weighted by Gasteiger charge is -2.35. The predicted molar refractivity (Wildman–Crippen MR) is 162 cm³/mol. The van der Waals surface area contributed by atoms with Gasteiger partial charge in [0.25, 0.3) is 0 Å². The van der Waals surface area contributed by atoms with Crippen molar-refractivity contribution < 1.29 is 0 Å². The monoisotopic (exact) mass is 501 g/mol. The van der Waals surface area contributed by atoms with Crippen LogP contribution in [0.4, 0.5) is 17.2 Å². The average Bonchev–Trinajstić information content (AvgIpc) is 3.59. The minimum atomic E-state index is -0.00345. The second kappa shape index (κ2) is 7.21. The topological polar surface area (TPSA) is 31.1 Å². The van der Waals surface area contributed by atoms with Crippen LogP contribution in [0.3, 0.4) is 0 Å². The van der Waals surface area contributed by atoms with Gasteiger partial charge in [-0.3, -0.25) is 0 Å². The highest BCUT2D eigenvalue weighted by molar-refractivity contribution is 6.08. The molecule has 2 N–H and O–H groups in total. The van der Waals surface area contributed by atoms with E-state index in [0.717, 1.165) is 11.3 Å². The van der Waals surface area contributed by atoms with Crippen molar-refractivity contribution in [1.82, 2.24) is 4.98 Å². The molecule has 3 heteroatoms. The largest absolute Gasteiger partial charge is 0.346 e. The maximum absolute atomic E-state index is 3.81. The van der Waals surface area contributed by atoms with E-state index in [1.807, 2.05) is 0 Å². The Labute approximate surface area is 227 Å². The summed E-state index contributed by atoms with van der Waals surface area (Å²) in [7, 11) is 0. The number of hydrogen-bond acceptors (Lipinski definition) is 2. The highest BCUT2D eigenvalue weighted by atomic mass is 15.4. The Bertz CT molecular complexity index is 1990. The van der Waals surface area contributed by atoms with E-state index in [1.165, 1.54) is 66.8 Å². The van der Waals surface area contributed by atoms with Gasteiger partial charge in [0, 0.05) is 27.4 Å². The number of nitrogens with one attached hydrogen (secondary N) is 2. The van der Waals surface area contributed by atoms with Gasteiger partial charge < -0.3 is 15.2 Å². The highest BCUT2D eigenvalue weighted by Crippen LogP contribution is 2.56. The summed E-state index contributed by atoms with van der Waals surface area (Å²) in [5.41, 5.74) is 15.6. The third kappa shape index (κ3) is 2.67. The van der Waals surface area contributed by atoms with Crippen LogP contribution in [0.2, 0.25) is 0 Å². The van der Waals surface area contributed by atoms with Gasteiger partial charge in [0.05, 0.1) is 11.4 Å². The predicted octanol–water partition coefficient (Wildman–Crippen LogP) is 9.38. The van der Waals surface area contributed by atoms with Crippen LogP contribution < -0.4 is 10.2 Å². The number of aromatic nitrogens is 1. The lowest BCUT2D eigenvalue weighted by Crippen LogP contribution is -2.27. The summed E-state index contributed by atoms with van der Waals surface area (Å²) in [6.07, 6.45) is 0.0852. The van der Waals surface area contributed by atoms with E-state index >= 15 is 0 Å². The van der Waals surface area contributed by atoms with Gasteiger partial charge in [0.15, 0.2) is 0 Å². The fourth-order valence-corrected chi connectivity index (χ4v) is 7.30. The van der Waals surface area contributed by atoms with Gasteiger partial charge in [-0.2, -0.15) is 0 Å². The van der Waals surface area contributed by atoms with Gasteiger partial charge in [-0.25, -0.2) is 0 Å². The minimum Gasteiger partial charge on any atom is -0.346 e. The molecule has 2 aliphatic heterocycles. The summed E-state index contributed by atoms with van der Waals surface area (Å²) in [5, 5.41) is 5.05. The third-order valence-corrected chi connectivity index (χ3v) is 9.18. The van der Waals surface area contributed by atoms with E-state index < -0.39 is 0 Å². The number of fused-ring (bicyclic) bond motifs is 13. The summed E-state index contributed by atoms with van der Waals surface area (Å²) in [4.78, 5) is 6.21. The van der Waals surface area contributed by atoms with Crippen molar-refractivity contribution in [3.05, 3.63) is 126 Å². The molecule has 1 aromatic heterocycles. The first-order valence-corrected chi connectivity index (χ1v) is 13.7. The molecule has 0 fully saturated rings. The number of benzene rings is 5. The number of nitrogens with zero attached hydrogens (tertiary/aromatic N) is 1. The molecule has 0 radical (unpaired) electrons. The number of para-hydroxylation sites is 1. The van der Waals surface area contributed by atoms with Crippen molar-refractivity contribution >= 4 is 28.1 Å². The number of hydrogen-bond donors (Lipinski definition) is 2. The van der Waals surface area contributed by atoms with Crippen molar-refractivity contribution in [1.29, 1.82) is 0 Å². The second-order valence-electron chi connectivity index (χ2n) is 11.6. The maximum atomic E-state index is 3.81.